The van der Waals surface area contributed by atoms with Gasteiger partial charge in [-0.15, -0.1) is 0 Å². The first-order valence-corrected chi connectivity index (χ1v) is 9.59. The molecule has 6 nitrogen and oxygen atoms in total. The molecule has 1 amide bonds. The maximum absolute atomic E-state index is 12.6. The van der Waals surface area contributed by atoms with Gasteiger partial charge in [0.2, 0.25) is 5.91 Å². The van der Waals surface area contributed by atoms with E-state index in [2.05, 4.69) is 10.3 Å². The van der Waals surface area contributed by atoms with E-state index in [0.717, 1.165) is 5.52 Å². The summed E-state index contributed by atoms with van der Waals surface area (Å²) in [4.78, 5) is 28.7. The van der Waals surface area contributed by atoms with Crippen LogP contribution in [0.1, 0.15) is 30.6 Å². The van der Waals surface area contributed by atoms with E-state index in [0.29, 0.717) is 35.1 Å². The van der Waals surface area contributed by atoms with Crippen molar-refractivity contribution in [1.29, 1.82) is 0 Å². The standard InChI is InChI=1S/C20H20N2O4S/c1-3-17(27-20-22-15-7-5-6-8-16(15)26-20)18(23)21-14-11-9-13(10-12-14)19(24)25-4-2/h5-12,17H,3-4H2,1-2H3,(H,21,23). The van der Waals surface area contributed by atoms with Gasteiger partial charge >= 0.3 is 5.97 Å². The number of para-hydroxylation sites is 2. The molecule has 27 heavy (non-hydrogen) atoms. The summed E-state index contributed by atoms with van der Waals surface area (Å²) in [5.74, 6) is -0.526. The van der Waals surface area contributed by atoms with Crippen LogP contribution in [0.2, 0.25) is 0 Å². The highest BCUT2D eigenvalue weighted by atomic mass is 32.2. The minimum Gasteiger partial charge on any atom is -0.462 e. The van der Waals surface area contributed by atoms with Crippen molar-refractivity contribution in [2.24, 2.45) is 0 Å². The Balaban J connectivity index is 1.65. The van der Waals surface area contributed by atoms with Crippen LogP contribution in [0.3, 0.4) is 0 Å². The van der Waals surface area contributed by atoms with Crippen molar-refractivity contribution in [3.63, 3.8) is 0 Å². The summed E-state index contributed by atoms with van der Waals surface area (Å²) in [5, 5.41) is 2.99. The number of esters is 1. The fourth-order valence-electron chi connectivity index (χ4n) is 2.47. The zero-order valence-electron chi connectivity index (χ0n) is 15.1. The van der Waals surface area contributed by atoms with Crippen molar-refractivity contribution in [3.05, 3.63) is 54.1 Å². The van der Waals surface area contributed by atoms with Crippen LogP contribution in [-0.4, -0.2) is 28.7 Å². The lowest BCUT2D eigenvalue weighted by atomic mass is 10.2. The monoisotopic (exact) mass is 384 g/mol. The van der Waals surface area contributed by atoms with E-state index in [1.165, 1.54) is 11.8 Å². The lowest BCUT2D eigenvalue weighted by Gasteiger charge is -2.13. The van der Waals surface area contributed by atoms with Crippen molar-refractivity contribution in [1.82, 2.24) is 4.98 Å². The van der Waals surface area contributed by atoms with Crippen LogP contribution >= 0.6 is 11.8 Å². The number of fused-ring (bicyclic) bond motifs is 1. The molecule has 140 valence electrons. The van der Waals surface area contributed by atoms with Gasteiger partial charge in [-0.1, -0.05) is 30.8 Å². The molecule has 1 N–H and O–H groups in total. The first-order chi connectivity index (χ1) is 13.1. The summed E-state index contributed by atoms with van der Waals surface area (Å²) in [6.07, 6.45) is 0.621. The molecule has 1 heterocycles. The zero-order chi connectivity index (χ0) is 19.2. The van der Waals surface area contributed by atoms with Crippen molar-refractivity contribution in [3.8, 4) is 0 Å². The first-order valence-electron chi connectivity index (χ1n) is 8.71. The molecule has 2 aromatic carbocycles. The lowest BCUT2D eigenvalue weighted by molar-refractivity contribution is -0.115. The molecule has 7 heteroatoms. The number of anilines is 1. The van der Waals surface area contributed by atoms with Crippen LogP contribution in [-0.2, 0) is 9.53 Å². The van der Waals surface area contributed by atoms with E-state index in [1.54, 1.807) is 31.2 Å². The third kappa shape index (κ3) is 4.68. The number of thioether (sulfide) groups is 1. The van der Waals surface area contributed by atoms with Gasteiger partial charge in [-0.2, -0.15) is 0 Å². The fourth-order valence-corrected chi connectivity index (χ4v) is 3.34. The lowest BCUT2D eigenvalue weighted by Crippen LogP contribution is -2.24. The summed E-state index contributed by atoms with van der Waals surface area (Å²) in [6, 6.07) is 14.1. The maximum atomic E-state index is 12.6. The smallest absolute Gasteiger partial charge is 0.338 e. The average molecular weight is 384 g/mol. The topological polar surface area (TPSA) is 81.4 Å². The van der Waals surface area contributed by atoms with E-state index in [-0.39, 0.29) is 17.1 Å². The number of nitrogens with zero attached hydrogens (tertiary/aromatic N) is 1. The second kappa shape index (κ2) is 8.73. The van der Waals surface area contributed by atoms with Gasteiger partial charge in [0, 0.05) is 5.69 Å². The molecular formula is C20H20N2O4S. The molecule has 0 radical (unpaired) electrons. The summed E-state index contributed by atoms with van der Waals surface area (Å²) < 4.78 is 10.6. The minimum absolute atomic E-state index is 0.145. The number of hydrogen-bond acceptors (Lipinski definition) is 6. The van der Waals surface area contributed by atoms with Crippen molar-refractivity contribution >= 4 is 40.4 Å². The average Bonchev–Trinajstić information content (AvgIpc) is 3.09. The molecule has 0 saturated carbocycles. The highest BCUT2D eigenvalue weighted by Crippen LogP contribution is 2.29. The second-order valence-corrected chi connectivity index (χ2v) is 6.90. The number of ether oxygens (including phenoxy) is 1. The Morgan fingerprint density at radius 2 is 1.89 bits per heavy atom. The number of hydrogen-bond donors (Lipinski definition) is 1. The Kier molecular flexibility index (Phi) is 6.13. The largest absolute Gasteiger partial charge is 0.462 e. The Hall–Kier alpha value is -2.80. The number of aromatic nitrogens is 1. The highest BCUT2D eigenvalue weighted by molar-refractivity contribution is 8.00. The molecule has 3 rings (SSSR count). The summed E-state index contributed by atoms with van der Waals surface area (Å²) in [6.45, 7) is 4.01. The van der Waals surface area contributed by atoms with Crippen LogP contribution < -0.4 is 5.32 Å². The van der Waals surface area contributed by atoms with Crippen LogP contribution in [0.25, 0.3) is 11.1 Å². The maximum Gasteiger partial charge on any atom is 0.338 e. The summed E-state index contributed by atoms with van der Waals surface area (Å²) >= 11 is 1.29. The minimum atomic E-state index is -0.381. The van der Waals surface area contributed by atoms with Crippen LogP contribution in [0.15, 0.2) is 58.2 Å². The normalized spacial score (nSPS) is 11.9. The number of nitrogens with one attached hydrogen (secondary N) is 1. The quantitative estimate of drug-likeness (QED) is 0.477. The SMILES string of the molecule is CCOC(=O)c1ccc(NC(=O)C(CC)Sc2nc3ccccc3o2)cc1. The molecule has 0 fully saturated rings. The van der Waals surface area contributed by atoms with Gasteiger partial charge in [0.15, 0.2) is 5.58 Å². The number of benzene rings is 2. The third-order valence-electron chi connectivity index (χ3n) is 3.84. The number of rotatable bonds is 7. The Bertz CT molecular complexity index is 904. The molecule has 1 unspecified atom stereocenters. The molecular weight excluding hydrogens is 364 g/mol. The predicted molar refractivity (Wildman–Crippen MR) is 105 cm³/mol. The van der Waals surface area contributed by atoms with Crippen LogP contribution in [0.5, 0.6) is 0 Å². The summed E-state index contributed by atoms with van der Waals surface area (Å²) in [7, 11) is 0. The van der Waals surface area contributed by atoms with Gasteiger partial charge in [0.25, 0.3) is 5.22 Å². The Labute approximate surface area is 161 Å². The molecule has 1 atom stereocenters. The number of amides is 1. The molecule has 0 aliphatic carbocycles. The molecule has 0 spiro atoms. The highest BCUT2D eigenvalue weighted by Gasteiger charge is 2.21. The van der Waals surface area contributed by atoms with E-state index in [9.17, 15) is 9.59 Å². The number of carbonyl (C=O) groups excluding carboxylic acids is 2. The second-order valence-electron chi connectivity index (χ2n) is 5.75. The van der Waals surface area contributed by atoms with Gasteiger partial charge in [0.1, 0.15) is 5.52 Å². The van der Waals surface area contributed by atoms with Crippen LogP contribution in [0.4, 0.5) is 5.69 Å². The molecule has 1 aromatic heterocycles. The van der Waals surface area contributed by atoms with Gasteiger partial charge < -0.3 is 14.5 Å². The van der Waals surface area contributed by atoms with E-state index < -0.39 is 0 Å². The first kappa shape index (κ1) is 19.0. The summed E-state index contributed by atoms with van der Waals surface area (Å²) in [5.41, 5.74) is 2.53. The van der Waals surface area contributed by atoms with Gasteiger partial charge in [-0.05, 0) is 49.7 Å². The molecule has 0 aliphatic heterocycles. The molecule has 0 aliphatic rings. The van der Waals surface area contributed by atoms with E-state index >= 15 is 0 Å². The Morgan fingerprint density at radius 3 is 2.56 bits per heavy atom. The van der Waals surface area contributed by atoms with Gasteiger partial charge in [0.05, 0.1) is 17.4 Å². The third-order valence-corrected chi connectivity index (χ3v) is 5.05. The number of oxazole rings is 1. The van der Waals surface area contributed by atoms with Crippen molar-refractivity contribution in [2.75, 3.05) is 11.9 Å². The van der Waals surface area contributed by atoms with Crippen molar-refractivity contribution in [2.45, 2.75) is 30.7 Å². The molecule has 3 aromatic rings. The van der Waals surface area contributed by atoms with Gasteiger partial charge in [-0.3, -0.25) is 4.79 Å². The Morgan fingerprint density at radius 1 is 1.15 bits per heavy atom. The molecule has 0 saturated heterocycles. The fraction of sp³-hybridized carbons (Fsp3) is 0.250. The van der Waals surface area contributed by atoms with Crippen molar-refractivity contribution < 1.29 is 18.7 Å². The van der Waals surface area contributed by atoms with E-state index in [4.69, 9.17) is 9.15 Å². The van der Waals surface area contributed by atoms with Crippen LogP contribution in [0, 0.1) is 0 Å². The van der Waals surface area contributed by atoms with Gasteiger partial charge in [-0.25, -0.2) is 9.78 Å². The zero-order valence-corrected chi connectivity index (χ0v) is 15.9. The van der Waals surface area contributed by atoms with E-state index in [1.807, 2.05) is 31.2 Å². The number of carbonyl (C=O) groups is 2. The predicted octanol–water partition coefficient (Wildman–Crippen LogP) is 4.51. The molecule has 0 bridgehead atoms.